The molecule has 3 heterocycles. The molecule has 2 aromatic carbocycles. The van der Waals surface area contributed by atoms with Crippen molar-refractivity contribution in [1.82, 2.24) is 19.5 Å². The number of hydrogen-bond donors (Lipinski definition) is 3. The lowest BCUT2D eigenvalue weighted by Gasteiger charge is -2.38. The highest BCUT2D eigenvalue weighted by atomic mass is 16.1. The van der Waals surface area contributed by atoms with Crippen molar-refractivity contribution in [1.29, 1.82) is 0 Å². The molecule has 0 aliphatic heterocycles. The Balaban J connectivity index is 1.49. The number of rotatable bonds is 6. The zero-order valence-corrected chi connectivity index (χ0v) is 22.0. The summed E-state index contributed by atoms with van der Waals surface area (Å²) in [6, 6.07) is 23.6. The minimum atomic E-state index is -0.244. The molecular weight excluding hydrogens is 486 g/mol. The number of fused-ring (bicyclic) bond motifs is 1. The highest BCUT2D eigenvalue weighted by molar-refractivity contribution is 6.00. The van der Waals surface area contributed by atoms with E-state index in [2.05, 4.69) is 34.6 Å². The van der Waals surface area contributed by atoms with Gasteiger partial charge in [-0.25, -0.2) is 15.0 Å². The van der Waals surface area contributed by atoms with E-state index in [1.54, 1.807) is 20.0 Å². The third-order valence-electron chi connectivity index (χ3n) is 7.40. The monoisotopic (exact) mass is 516 g/mol. The molecule has 0 atom stereocenters. The van der Waals surface area contributed by atoms with Crippen LogP contribution in [0, 0.1) is 5.92 Å². The quantitative estimate of drug-likeness (QED) is 0.269. The number of nitrogens with one attached hydrogen (secondary N) is 1. The van der Waals surface area contributed by atoms with Gasteiger partial charge in [0.15, 0.2) is 11.5 Å². The van der Waals surface area contributed by atoms with Crippen LogP contribution in [0.3, 0.4) is 0 Å². The smallest absolute Gasteiger partial charge is 0.231 e. The van der Waals surface area contributed by atoms with Gasteiger partial charge in [-0.05, 0) is 87.2 Å². The Bertz CT molecular complexity index is 1680. The lowest BCUT2D eigenvalue weighted by molar-refractivity contribution is -0.114. The Morgan fingerprint density at radius 3 is 2.46 bits per heavy atom. The Morgan fingerprint density at radius 1 is 0.974 bits per heavy atom. The Morgan fingerprint density at radius 2 is 1.77 bits per heavy atom. The highest BCUT2D eigenvalue weighted by Gasteiger charge is 2.34. The number of hydrogen-bond acceptors (Lipinski definition) is 6. The molecule has 6 rings (SSSR count). The second kappa shape index (κ2) is 9.63. The number of carbonyl (C=O) groups is 1. The molecule has 195 valence electrons. The zero-order valence-electron chi connectivity index (χ0n) is 22.0. The number of imidazole rings is 1. The van der Waals surface area contributed by atoms with Crippen molar-refractivity contribution in [3.8, 4) is 28.3 Å². The van der Waals surface area contributed by atoms with Crippen molar-refractivity contribution < 1.29 is 4.79 Å². The van der Waals surface area contributed by atoms with Gasteiger partial charge in [0, 0.05) is 28.7 Å². The molecular formula is C31H30N7O. The van der Waals surface area contributed by atoms with Gasteiger partial charge in [0.05, 0.1) is 17.2 Å². The predicted octanol–water partition coefficient (Wildman–Crippen LogP) is 5.62. The van der Waals surface area contributed by atoms with Crippen molar-refractivity contribution in [3.05, 3.63) is 90.5 Å². The molecule has 1 aliphatic rings. The third kappa shape index (κ3) is 4.53. The van der Waals surface area contributed by atoms with Crippen molar-refractivity contribution in [2.75, 3.05) is 11.1 Å². The number of anilines is 2. The van der Waals surface area contributed by atoms with Crippen LogP contribution < -0.4 is 16.8 Å². The molecule has 8 nitrogen and oxygen atoms in total. The van der Waals surface area contributed by atoms with E-state index in [1.165, 1.54) is 0 Å². The summed E-state index contributed by atoms with van der Waals surface area (Å²) in [6.45, 7) is 3.57. The fraction of sp³-hybridized carbons (Fsp3) is 0.194. The SMILES string of the molecule is C[C](C)C(=O)Nc1cccc(-c2ccc3nc(-c4cccnc4N)n(-c4ccc(C5(N)CCC5)cc4)c3n2)c1. The number of carbonyl (C=O) groups excluding carboxylic acids is 1. The van der Waals surface area contributed by atoms with Crippen molar-refractivity contribution >= 4 is 28.6 Å². The van der Waals surface area contributed by atoms with Crippen molar-refractivity contribution in [3.63, 3.8) is 0 Å². The summed E-state index contributed by atoms with van der Waals surface area (Å²) in [5.74, 6) is 1.63. The van der Waals surface area contributed by atoms with Crippen molar-refractivity contribution in [2.24, 2.45) is 5.73 Å². The number of aromatic nitrogens is 4. The van der Waals surface area contributed by atoms with Crippen LogP contribution in [0.4, 0.5) is 11.5 Å². The Hall–Kier alpha value is -4.56. The molecule has 8 heteroatoms. The van der Waals surface area contributed by atoms with Gasteiger partial charge in [0.25, 0.3) is 0 Å². The standard InChI is InChI=1S/C31H30N7O/c1-19(2)30(39)35-22-7-3-6-20(18-22)25-13-14-26-29(36-25)38(28(37-26)24-8-4-17-34-27(24)32)23-11-9-21(10-12-23)31(33)15-5-16-31/h3-4,6-14,17-18H,5,15-16,33H2,1-2H3,(H2,32,34)(H,35,39). The number of nitrogen functional groups attached to an aromatic ring is 1. The summed E-state index contributed by atoms with van der Waals surface area (Å²) in [7, 11) is 0. The van der Waals surface area contributed by atoms with Crippen LogP contribution >= 0.6 is 0 Å². The van der Waals surface area contributed by atoms with Gasteiger partial charge in [0.2, 0.25) is 5.91 Å². The molecule has 1 fully saturated rings. The van der Waals surface area contributed by atoms with E-state index in [0.29, 0.717) is 28.9 Å². The summed E-state index contributed by atoms with van der Waals surface area (Å²) in [6.07, 6.45) is 4.82. The third-order valence-corrected chi connectivity index (χ3v) is 7.40. The van der Waals surface area contributed by atoms with Gasteiger partial charge in [-0.2, -0.15) is 0 Å². The average Bonchev–Trinajstić information content (AvgIpc) is 3.30. The van der Waals surface area contributed by atoms with E-state index in [1.807, 2.05) is 53.1 Å². The van der Waals surface area contributed by atoms with Gasteiger partial charge < -0.3 is 16.8 Å². The van der Waals surface area contributed by atoms with E-state index >= 15 is 0 Å². The summed E-state index contributed by atoms with van der Waals surface area (Å²) >= 11 is 0. The average molecular weight is 517 g/mol. The number of nitrogens with zero attached hydrogens (tertiary/aromatic N) is 4. The van der Waals surface area contributed by atoms with Gasteiger partial charge in [-0.15, -0.1) is 0 Å². The van der Waals surface area contributed by atoms with Gasteiger partial charge in [0.1, 0.15) is 11.3 Å². The number of pyridine rings is 2. The second-order valence-corrected chi connectivity index (χ2v) is 10.3. The first-order chi connectivity index (χ1) is 18.8. The van der Waals surface area contributed by atoms with E-state index in [4.69, 9.17) is 21.4 Å². The van der Waals surface area contributed by atoms with Crippen LogP contribution in [0.25, 0.3) is 39.5 Å². The summed E-state index contributed by atoms with van der Waals surface area (Å²) in [5, 5.41) is 2.93. The lowest BCUT2D eigenvalue weighted by Crippen LogP contribution is -2.43. The topological polar surface area (TPSA) is 125 Å². The maximum absolute atomic E-state index is 12.2. The molecule has 3 aromatic heterocycles. The second-order valence-electron chi connectivity index (χ2n) is 10.3. The molecule has 1 radical (unpaired) electrons. The molecule has 0 spiro atoms. The van der Waals surface area contributed by atoms with Crippen LogP contribution in [-0.4, -0.2) is 25.4 Å². The first-order valence-electron chi connectivity index (χ1n) is 13.0. The maximum atomic E-state index is 12.2. The summed E-state index contributed by atoms with van der Waals surface area (Å²) < 4.78 is 2.01. The fourth-order valence-corrected chi connectivity index (χ4v) is 4.95. The first kappa shape index (κ1) is 24.8. The molecule has 0 saturated heterocycles. The molecule has 1 amide bonds. The van der Waals surface area contributed by atoms with Gasteiger partial charge >= 0.3 is 0 Å². The molecule has 5 N–H and O–H groups in total. The van der Waals surface area contributed by atoms with E-state index in [0.717, 1.165) is 52.9 Å². The van der Waals surface area contributed by atoms with Gasteiger partial charge in [-0.3, -0.25) is 9.36 Å². The molecule has 5 aromatic rings. The van der Waals surface area contributed by atoms with Crippen LogP contribution in [-0.2, 0) is 10.3 Å². The van der Waals surface area contributed by atoms with Crippen molar-refractivity contribution in [2.45, 2.75) is 38.6 Å². The van der Waals surface area contributed by atoms with Crippen LogP contribution in [0.2, 0.25) is 0 Å². The molecule has 0 unspecified atom stereocenters. The molecule has 1 aliphatic carbocycles. The molecule has 39 heavy (non-hydrogen) atoms. The normalized spacial score (nSPS) is 14.4. The number of benzene rings is 2. The van der Waals surface area contributed by atoms with E-state index in [9.17, 15) is 4.79 Å². The Kier molecular flexibility index (Phi) is 6.12. The highest BCUT2D eigenvalue weighted by Crippen LogP contribution is 2.39. The number of amides is 1. The predicted molar refractivity (Wildman–Crippen MR) is 155 cm³/mol. The van der Waals surface area contributed by atoms with Crippen LogP contribution in [0.5, 0.6) is 0 Å². The molecule has 0 bridgehead atoms. The van der Waals surface area contributed by atoms with E-state index in [-0.39, 0.29) is 11.4 Å². The largest absolute Gasteiger partial charge is 0.383 e. The maximum Gasteiger partial charge on any atom is 0.231 e. The number of nitrogens with two attached hydrogens (primary N) is 2. The zero-order chi connectivity index (χ0) is 27.1. The van der Waals surface area contributed by atoms with Crippen LogP contribution in [0.1, 0.15) is 38.7 Å². The van der Waals surface area contributed by atoms with E-state index < -0.39 is 0 Å². The summed E-state index contributed by atoms with van der Waals surface area (Å²) in [5.41, 5.74) is 19.2. The van der Waals surface area contributed by atoms with Crippen LogP contribution in [0.15, 0.2) is 79.0 Å². The first-order valence-corrected chi connectivity index (χ1v) is 13.0. The lowest BCUT2D eigenvalue weighted by atomic mass is 9.73. The Labute approximate surface area is 227 Å². The molecule has 1 saturated carbocycles. The van der Waals surface area contributed by atoms with Gasteiger partial charge in [-0.1, -0.05) is 24.3 Å². The fourth-order valence-electron chi connectivity index (χ4n) is 4.95. The minimum Gasteiger partial charge on any atom is -0.383 e. The summed E-state index contributed by atoms with van der Waals surface area (Å²) in [4.78, 5) is 26.5. The minimum absolute atomic E-state index is 0.114.